The van der Waals surface area contributed by atoms with Gasteiger partial charge in [0.05, 0.1) is 6.61 Å². The van der Waals surface area contributed by atoms with Crippen LogP contribution >= 0.6 is 0 Å². The fourth-order valence-corrected chi connectivity index (χ4v) is 2.58. The third-order valence-corrected chi connectivity index (χ3v) is 3.59. The first-order valence-corrected chi connectivity index (χ1v) is 7.07. The molecule has 1 aliphatic rings. The highest BCUT2D eigenvalue weighted by Crippen LogP contribution is 2.29. The van der Waals surface area contributed by atoms with Gasteiger partial charge in [0.15, 0.2) is 0 Å². The maximum Gasteiger partial charge on any atom is 0.306 e. The van der Waals surface area contributed by atoms with Gasteiger partial charge in [0.2, 0.25) is 0 Å². The summed E-state index contributed by atoms with van der Waals surface area (Å²) in [4.78, 5) is 11.7. The van der Waals surface area contributed by atoms with Gasteiger partial charge in [-0.15, -0.1) is 0 Å². The SMILES string of the molecule is CC(C)COC(=O)CC1CCc2ccc(N)cc2C1. The van der Waals surface area contributed by atoms with E-state index in [0.29, 0.717) is 24.9 Å². The number of ether oxygens (including phenoxy) is 1. The topological polar surface area (TPSA) is 52.3 Å². The van der Waals surface area contributed by atoms with E-state index in [2.05, 4.69) is 6.07 Å². The molecule has 19 heavy (non-hydrogen) atoms. The first-order valence-electron chi connectivity index (χ1n) is 7.07. The molecule has 0 aliphatic heterocycles. The molecule has 0 fully saturated rings. The normalized spacial score (nSPS) is 18.2. The summed E-state index contributed by atoms with van der Waals surface area (Å²) in [5.41, 5.74) is 9.30. The summed E-state index contributed by atoms with van der Waals surface area (Å²) in [6, 6.07) is 6.11. The molecule has 2 rings (SSSR count). The fraction of sp³-hybridized carbons (Fsp3) is 0.562. The van der Waals surface area contributed by atoms with Crippen LogP contribution < -0.4 is 5.73 Å². The predicted molar refractivity (Wildman–Crippen MR) is 76.8 cm³/mol. The van der Waals surface area contributed by atoms with Crippen molar-refractivity contribution in [1.82, 2.24) is 0 Å². The second kappa shape index (κ2) is 6.09. The van der Waals surface area contributed by atoms with E-state index in [4.69, 9.17) is 10.5 Å². The van der Waals surface area contributed by atoms with Gasteiger partial charge in [0, 0.05) is 12.1 Å². The molecule has 0 saturated heterocycles. The predicted octanol–water partition coefficient (Wildman–Crippen LogP) is 2.96. The van der Waals surface area contributed by atoms with Gasteiger partial charge >= 0.3 is 5.97 Å². The molecule has 0 heterocycles. The Hall–Kier alpha value is -1.51. The number of carbonyl (C=O) groups is 1. The Bertz CT molecular complexity index is 454. The fourth-order valence-electron chi connectivity index (χ4n) is 2.58. The highest BCUT2D eigenvalue weighted by Gasteiger charge is 2.21. The van der Waals surface area contributed by atoms with Crippen molar-refractivity contribution in [2.24, 2.45) is 11.8 Å². The smallest absolute Gasteiger partial charge is 0.306 e. The third-order valence-electron chi connectivity index (χ3n) is 3.59. The molecule has 3 heteroatoms. The van der Waals surface area contributed by atoms with Crippen LogP contribution in [0.1, 0.15) is 37.8 Å². The zero-order valence-corrected chi connectivity index (χ0v) is 11.8. The number of nitrogen functional groups attached to an aromatic ring is 1. The molecule has 0 spiro atoms. The summed E-state index contributed by atoms with van der Waals surface area (Å²) in [7, 11) is 0. The third kappa shape index (κ3) is 3.98. The van der Waals surface area contributed by atoms with Crippen molar-refractivity contribution in [3.63, 3.8) is 0 Å². The Morgan fingerprint density at radius 2 is 2.21 bits per heavy atom. The zero-order chi connectivity index (χ0) is 13.8. The number of hydrogen-bond donors (Lipinski definition) is 1. The monoisotopic (exact) mass is 261 g/mol. The molecule has 0 amide bonds. The quantitative estimate of drug-likeness (QED) is 0.669. The highest BCUT2D eigenvalue weighted by molar-refractivity contribution is 5.69. The van der Waals surface area contributed by atoms with Gasteiger partial charge in [-0.1, -0.05) is 19.9 Å². The number of rotatable bonds is 4. The van der Waals surface area contributed by atoms with Crippen molar-refractivity contribution in [3.05, 3.63) is 29.3 Å². The maximum atomic E-state index is 11.7. The number of benzene rings is 1. The summed E-state index contributed by atoms with van der Waals surface area (Å²) in [6.07, 6.45) is 3.57. The van der Waals surface area contributed by atoms with Crippen LogP contribution in [0.15, 0.2) is 18.2 Å². The van der Waals surface area contributed by atoms with E-state index in [1.165, 1.54) is 11.1 Å². The van der Waals surface area contributed by atoms with E-state index in [1.54, 1.807) is 0 Å². The van der Waals surface area contributed by atoms with E-state index < -0.39 is 0 Å². The average Bonchev–Trinajstić information content (AvgIpc) is 2.36. The molecule has 1 aliphatic carbocycles. The van der Waals surface area contributed by atoms with E-state index in [9.17, 15) is 4.79 Å². The number of carbonyl (C=O) groups excluding carboxylic acids is 1. The average molecular weight is 261 g/mol. The van der Waals surface area contributed by atoms with Crippen LogP contribution in [0.3, 0.4) is 0 Å². The number of aryl methyl sites for hydroxylation is 1. The summed E-state index contributed by atoms with van der Waals surface area (Å²) in [6.45, 7) is 4.62. The number of esters is 1. The molecule has 0 bridgehead atoms. The largest absolute Gasteiger partial charge is 0.465 e. The van der Waals surface area contributed by atoms with E-state index >= 15 is 0 Å². The van der Waals surface area contributed by atoms with Crippen molar-refractivity contribution in [2.75, 3.05) is 12.3 Å². The molecule has 1 aromatic carbocycles. The summed E-state index contributed by atoms with van der Waals surface area (Å²) < 4.78 is 5.25. The lowest BCUT2D eigenvalue weighted by Crippen LogP contribution is -2.20. The van der Waals surface area contributed by atoms with Gasteiger partial charge in [0.1, 0.15) is 0 Å². The van der Waals surface area contributed by atoms with Gasteiger partial charge < -0.3 is 10.5 Å². The van der Waals surface area contributed by atoms with Crippen LogP contribution in [0.25, 0.3) is 0 Å². The van der Waals surface area contributed by atoms with Gasteiger partial charge in [-0.3, -0.25) is 4.79 Å². The Morgan fingerprint density at radius 1 is 1.42 bits per heavy atom. The Balaban J connectivity index is 1.89. The Morgan fingerprint density at radius 3 is 2.95 bits per heavy atom. The van der Waals surface area contributed by atoms with Crippen molar-refractivity contribution >= 4 is 11.7 Å². The standard InChI is InChI=1S/C16H23NO2/c1-11(2)10-19-16(18)8-12-3-4-13-5-6-15(17)9-14(13)7-12/h5-6,9,11-12H,3-4,7-8,10,17H2,1-2H3. The summed E-state index contributed by atoms with van der Waals surface area (Å²) in [5, 5.41) is 0. The van der Waals surface area contributed by atoms with Crippen LogP contribution in [-0.4, -0.2) is 12.6 Å². The molecule has 104 valence electrons. The van der Waals surface area contributed by atoms with Crippen LogP contribution in [0.5, 0.6) is 0 Å². The lowest BCUT2D eigenvalue weighted by Gasteiger charge is -2.24. The van der Waals surface area contributed by atoms with Gasteiger partial charge in [-0.05, 0) is 54.4 Å². The molecule has 1 unspecified atom stereocenters. The van der Waals surface area contributed by atoms with Crippen LogP contribution in [0.4, 0.5) is 5.69 Å². The van der Waals surface area contributed by atoms with Gasteiger partial charge in [-0.2, -0.15) is 0 Å². The first-order chi connectivity index (χ1) is 9.04. The number of fused-ring (bicyclic) bond motifs is 1. The van der Waals surface area contributed by atoms with Gasteiger partial charge in [0.25, 0.3) is 0 Å². The van der Waals surface area contributed by atoms with Crippen molar-refractivity contribution in [3.8, 4) is 0 Å². The molecule has 0 aromatic heterocycles. The molecular formula is C16H23NO2. The van der Waals surface area contributed by atoms with Crippen molar-refractivity contribution in [1.29, 1.82) is 0 Å². The first kappa shape index (κ1) is 13.9. The minimum absolute atomic E-state index is 0.0638. The molecule has 0 saturated carbocycles. The lowest BCUT2D eigenvalue weighted by atomic mass is 9.82. The Labute approximate surface area is 115 Å². The molecule has 3 nitrogen and oxygen atoms in total. The number of anilines is 1. The molecule has 2 N–H and O–H groups in total. The minimum atomic E-state index is -0.0638. The number of hydrogen-bond acceptors (Lipinski definition) is 3. The van der Waals surface area contributed by atoms with Crippen molar-refractivity contribution < 1.29 is 9.53 Å². The highest BCUT2D eigenvalue weighted by atomic mass is 16.5. The molecule has 1 aromatic rings. The molecule has 1 atom stereocenters. The summed E-state index contributed by atoms with van der Waals surface area (Å²) >= 11 is 0. The Kier molecular flexibility index (Phi) is 4.46. The summed E-state index contributed by atoms with van der Waals surface area (Å²) in [5.74, 6) is 0.732. The second-order valence-corrected chi connectivity index (χ2v) is 5.92. The van der Waals surface area contributed by atoms with E-state index in [0.717, 1.165) is 24.9 Å². The minimum Gasteiger partial charge on any atom is -0.465 e. The van der Waals surface area contributed by atoms with Crippen LogP contribution in [-0.2, 0) is 22.4 Å². The van der Waals surface area contributed by atoms with Crippen LogP contribution in [0, 0.1) is 11.8 Å². The van der Waals surface area contributed by atoms with E-state index in [-0.39, 0.29) is 5.97 Å². The second-order valence-electron chi connectivity index (χ2n) is 5.92. The maximum absolute atomic E-state index is 11.7. The van der Waals surface area contributed by atoms with Crippen molar-refractivity contribution in [2.45, 2.75) is 39.5 Å². The van der Waals surface area contributed by atoms with E-state index in [1.807, 2.05) is 26.0 Å². The molecule has 0 radical (unpaired) electrons. The number of nitrogens with two attached hydrogens (primary N) is 1. The molecular weight excluding hydrogens is 238 g/mol. The lowest BCUT2D eigenvalue weighted by molar-refractivity contribution is -0.145. The van der Waals surface area contributed by atoms with Gasteiger partial charge in [-0.25, -0.2) is 0 Å². The zero-order valence-electron chi connectivity index (χ0n) is 11.8. The van der Waals surface area contributed by atoms with Crippen LogP contribution in [0.2, 0.25) is 0 Å².